The van der Waals surface area contributed by atoms with Crippen molar-refractivity contribution >= 4 is 17.4 Å². The van der Waals surface area contributed by atoms with Gasteiger partial charge in [0.2, 0.25) is 5.91 Å². The maximum atomic E-state index is 13.9. The number of halogens is 5. The van der Waals surface area contributed by atoms with Gasteiger partial charge >= 0.3 is 6.18 Å². The number of benzene rings is 1. The van der Waals surface area contributed by atoms with Gasteiger partial charge in [0.25, 0.3) is 0 Å². The number of alkyl halides is 3. The number of nitrogens with one attached hydrogen (secondary N) is 1. The Bertz CT molecular complexity index is 1130. The Hall–Kier alpha value is -2.83. The van der Waals surface area contributed by atoms with Gasteiger partial charge in [-0.1, -0.05) is 0 Å². The summed E-state index contributed by atoms with van der Waals surface area (Å²) in [7, 11) is 0. The van der Waals surface area contributed by atoms with Crippen molar-refractivity contribution < 1.29 is 36.6 Å². The second-order valence-corrected chi connectivity index (χ2v) is 9.34. The van der Waals surface area contributed by atoms with E-state index >= 15 is 0 Å². The van der Waals surface area contributed by atoms with Crippen LogP contribution in [0.3, 0.4) is 0 Å². The summed E-state index contributed by atoms with van der Waals surface area (Å²) in [5.41, 5.74) is -0.610. The van der Waals surface area contributed by atoms with Crippen molar-refractivity contribution in [2.75, 3.05) is 36.1 Å². The summed E-state index contributed by atoms with van der Waals surface area (Å²) in [5.74, 6) is -2.67. The van der Waals surface area contributed by atoms with E-state index < -0.39 is 41.4 Å². The van der Waals surface area contributed by atoms with Crippen molar-refractivity contribution in [1.29, 1.82) is 0 Å². The molecule has 2 N–H and O–H groups in total. The number of nitrogens with zero attached hydrogens (tertiary/aromatic N) is 3. The number of carbonyl (C=O) groups excluding carboxylic acids is 1. The van der Waals surface area contributed by atoms with E-state index in [2.05, 4.69) is 10.3 Å². The molecule has 2 aliphatic rings. The number of aryl methyl sites for hydroxylation is 1. The first-order chi connectivity index (χ1) is 17.5. The van der Waals surface area contributed by atoms with Crippen molar-refractivity contribution in [2.24, 2.45) is 0 Å². The summed E-state index contributed by atoms with van der Waals surface area (Å²) in [6, 6.07) is 3.36. The highest BCUT2D eigenvalue weighted by Crippen LogP contribution is 2.34. The number of aliphatic hydroxyl groups is 1. The smallest absolute Gasteiger partial charge is 0.389 e. The SMILES string of the molecule is CCN(C(=O)[C@@H]1C[C@H](N[C@@H]2CCOC[C@H]2O)CN1c1cc(C(F)(F)F)cc(C)n1)c1ccc(F)c(F)c1. The standard InChI is InChI=1S/C25H29F5N4O3/c1-3-33(17-4-5-18(26)19(27)11-17)24(36)21-10-16(32-20-6-7-37-13-22(20)35)12-34(21)23-9-15(25(28,29)30)8-14(2)31-23/h4-5,8-9,11,16,20-22,32,35H,3,6-7,10,12-13H2,1-2H3/t16-,20+,21-,22+/m0/s1. The van der Waals surface area contributed by atoms with Gasteiger partial charge in [0, 0.05) is 49.2 Å². The molecule has 0 radical (unpaired) electrons. The summed E-state index contributed by atoms with van der Waals surface area (Å²) in [4.78, 5) is 20.8. The lowest BCUT2D eigenvalue weighted by atomic mass is 10.0. The van der Waals surface area contributed by atoms with Gasteiger partial charge in [-0.15, -0.1) is 0 Å². The zero-order valence-electron chi connectivity index (χ0n) is 20.4. The lowest BCUT2D eigenvalue weighted by molar-refractivity contribution is -0.137. The number of likely N-dealkylation sites (N-methyl/N-ethyl adjacent to an activating group) is 1. The monoisotopic (exact) mass is 528 g/mol. The number of aliphatic hydroxyl groups excluding tert-OH is 1. The predicted octanol–water partition coefficient (Wildman–Crippen LogP) is 3.43. The zero-order chi connectivity index (χ0) is 26.9. The Kier molecular flexibility index (Phi) is 8.00. The minimum Gasteiger partial charge on any atom is -0.389 e. The predicted molar refractivity (Wildman–Crippen MR) is 126 cm³/mol. The number of anilines is 2. The molecule has 0 aliphatic carbocycles. The Morgan fingerprint density at radius 1 is 1.24 bits per heavy atom. The number of rotatable bonds is 6. The molecule has 37 heavy (non-hydrogen) atoms. The molecule has 0 bridgehead atoms. The zero-order valence-corrected chi connectivity index (χ0v) is 20.4. The number of hydrogen-bond acceptors (Lipinski definition) is 6. The average Bonchev–Trinajstić information content (AvgIpc) is 3.26. The third kappa shape index (κ3) is 6.02. The molecule has 1 aromatic heterocycles. The van der Waals surface area contributed by atoms with Gasteiger partial charge in [-0.3, -0.25) is 4.79 Å². The van der Waals surface area contributed by atoms with E-state index in [1.807, 2.05) is 0 Å². The van der Waals surface area contributed by atoms with E-state index in [9.17, 15) is 31.9 Å². The lowest BCUT2D eigenvalue weighted by Gasteiger charge is -2.31. The van der Waals surface area contributed by atoms with Gasteiger partial charge in [-0.05, 0) is 51.0 Å². The van der Waals surface area contributed by atoms with Crippen LogP contribution in [-0.2, 0) is 15.7 Å². The third-order valence-electron chi connectivity index (χ3n) is 6.72. The van der Waals surface area contributed by atoms with Gasteiger partial charge in [-0.25, -0.2) is 13.8 Å². The van der Waals surface area contributed by atoms with Gasteiger partial charge in [0.05, 0.1) is 18.3 Å². The van der Waals surface area contributed by atoms with Crippen molar-refractivity contribution in [3.8, 4) is 0 Å². The second-order valence-electron chi connectivity index (χ2n) is 9.34. The van der Waals surface area contributed by atoms with Crippen LogP contribution in [0.5, 0.6) is 0 Å². The molecule has 4 atom stereocenters. The summed E-state index contributed by atoms with van der Waals surface area (Å²) in [5, 5.41) is 13.6. The summed E-state index contributed by atoms with van der Waals surface area (Å²) in [6.07, 6.45) is -4.62. The number of carbonyl (C=O) groups is 1. The van der Waals surface area contributed by atoms with Gasteiger partial charge < -0.3 is 25.0 Å². The first-order valence-electron chi connectivity index (χ1n) is 12.1. The van der Waals surface area contributed by atoms with Crippen LogP contribution in [0.2, 0.25) is 0 Å². The van der Waals surface area contributed by atoms with E-state index in [4.69, 9.17) is 4.74 Å². The van der Waals surface area contributed by atoms with Gasteiger partial charge in [0.1, 0.15) is 11.9 Å². The highest BCUT2D eigenvalue weighted by atomic mass is 19.4. The number of pyridine rings is 1. The van der Waals surface area contributed by atoms with Gasteiger partial charge in [0.15, 0.2) is 11.6 Å². The fourth-order valence-corrected chi connectivity index (χ4v) is 4.92. The molecular formula is C25H29F5N4O3. The Labute approximate surface area is 211 Å². The van der Waals surface area contributed by atoms with Crippen LogP contribution in [0, 0.1) is 18.6 Å². The summed E-state index contributed by atoms with van der Waals surface area (Å²) >= 11 is 0. The third-order valence-corrected chi connectivity index (χ3v) is 6.72. The number of ether oxygens (including phenoxy) is 1. The van der Waals surface area contributed by atoms with Crippen LogP contribution in [0.25, 0.3) is 0 Å². The lowest BCUT2D eigenvalue weighted by Crippen LogP contribution is -2.51. The Morgan fingerprint density at radius 3 is 2.65 bits per heavy atom. The molecule has 3 heterocycles. The molecule has 2 aliphatic heterocycles. The average molecular weight is 529 g/mol. The number of amides is 1. The van der Waals surface area contributed by atoms with E-state index in [1.165, 1.54) is 22.8 Å². The quantitative estimate of drug-likeness (QED) is 0.560. The van der Waals surface area contributed by atoms with Crippen molar-refractivity contribution in [1.82, 2.24) is 10.3 Å². The first-order valence-corrected chi connectivity index (χ1v) is 12.1. The van der Waals surface area contributed by atoms with E-state index in [1.54, 1.807) is 6.92 Å². The molecule has 1 amide bonds. The fraction of sp³-hybridized carbons (Fsp3) is 0.520. The normalized spacial score (nSPS) is 24.4. The molecule has 2 fully saturated rings. The van der Waals surface area contributed by atoms with Gasteiger partial charge in [-0.2, -0.15) is 13.2 Å². The highest BCUT2D eigenvalue weighted by Gasteiger charge is 2.42. The molecular weight excluding hydrogens is 499 g/mol. The molecule has 2 aromatic rings. The topological polar surface area (TPSA) is 77.9 Å². The summed E-state index contributed by atoms with van der Waals surface area (Å²) < 4.78 is 73.4. The van der Waals surface area contributed by atoms with Crippen LogP contribution < -0.4 is 15.1 Å². The van der Waals surface area contributed by atoms with Crippen molar-refractivity contribution in [2.45, 2.75) is 57.1 Å². The van der Waals surface area contributed by atoms with Crippen LogP contribution >= 0.6 is 0 Å². The Balaban J connectivity index is 1.67. The summed E-state index contributed by atoms with van der Waals surface area (Å²) in [6.45, 7) is 3.99. The first kappa shape index (κ1) is 27.2. The van der Waals surface area contributed by atoms with Crippen LogP contribution in [-0.4, -0.2) is 66.5 Å². The minimum atomic E-state index is -4.60. The number of aromatic nitrogens is 1. The number of hydrogen-bond donors (Lipinski definition) is 2. The Morgan fingerprint density at radius 2 is 2.00 bits per heavy atom. The van der Waals surface area contributed by atoms with E-state index in [0.29, 0.717) is 13.0 Å². The molecule has 0 unspecified atom stereocenters. The maximum absolute atomic E-state index is 13.9. The molecule has 0 spiro atoms. The minimum absolute atomic E-state index is 0.0103. The molecule has 7 nitrogen and oxygen atoms in total. The van der Waals surface area contributed by atoms with Crippen molar-refractivity contribution in [3.63, 3.8) is 0 Å². The molecule has 4 rings (SSSR count). The largest absolute Gasteiger partial charge is 0.416 e. The molecule has 12 heteroatoms. The molecule has 0 saturated carbocycles. The fourth-order valence-electron chi connectivity index (χ4n) is 4.92. The van der Waals surface area contributed by atoms with Crippen LogP contribution in [0.4, 0.5) is 33.5 Å². The van der Waals surface area contributed by atoms with Crippen LogP contribution in [0.15, 0.2) is 30.3 Å². The van der Waals surface area contributed by atoms with E-state index in [0.717, 1.165) is 24.3 Å². The molecule has 1 aromatic carbocycles. The molecule has 202 valence electrons. The second kappa shape index (κ2) is 10.9. The molecule has 2 saturated heterocycles. The van der Waals surface area contributed by atoms with Crippen molar-refractivity contribution in [3.05, 3.63) is 53.2 Å². The van der Waals surface area contributed by atoms with Crippen LogP contribution in [0.1, 0.15) is 31.0 Å². The highest BCUT2D eigenvalue weighted by molar-refractivity contribution is 5.99. The maximum Gasteiger partial charge on any atom is 0.416 e. The van der Waals surface area contributed by atoms with E-state index in [-0.39, 0.29) is 55.4 Å².